The van der Waals surface area contributed by atoms with Crippen LogP contribution >= 0.6 is 0 Å². The SMILES string of the molecule is COc1cc2c3c(c4ccc(OC(=O)c5ccncc5)cc4c2cc1OC)[C@H](O)[C@@H]1CCCN1C3. The normalized spacial score (nSPS) is 19.4. The van der Waals surface area contributed by atoms with Crippen LogP contribution in [0.25, 0.3) is 21.5 Å². The van der Waals surface area contributed by atoms with Gasteiger partial charge < -0.3 is 19.3 Å². The third kappa shape index (κ3) is 3.50. The van der Waals surface area contributed by atoms with Crippen molar-refractivity contribution >= 4 is 27.5 Å². The molecule has 1 saturated heterocycles. The molecule has 2 aliphatic rings. The Labute approximate surface area is 202 Å². The lowest BCUT2D eigenvalue weighted by Gasteiger charge is -2.37. The molecule has 0 unspecified atom stereocenters. The van der Waals surface area contributed by atoms with Crippen LogP contribution < -0.4 is 14.2 Å². The molecule has 0 aliphatic carbocycles. The van der Waals surface area contributed by atoms with E-state index < -0.39 is 12.1 Å². The molecule has 0 radical (unpaired) electrons. The molecule has 3 heterocycles. The second-order valence-electron chi connectivity index (χ2n) is 9.10. The number of benzene rings is 3. The van der Waals surface area contributed by atoms with Gasteiger partial charge in [-0.2, -0.15) is 0 Å². The summed E-state index contributed by atoms with van der Waals surface area (Å²) >= 11 is 0. The molecule has 0 saturated carbocycles. The number of carbonyl (C=O) groups is 1. The summed E-state index contributed by atoms with van der Waals surface area (Å²) in [6.45, 7) is 1.76. The van der Waals surface area contributed by atoms with Crippen molar-refractivity contribution in [3.63, 3.8) is 0 Å². The largest absolute Gasteiger partial charge is 0.493 e. The molecule has 0 amide bonds. The average molecular weight is 471 g/mol. The first kappa shape index (κ1) is 21.8. The van der Waals surface area contributed by atoms with Crippen LogP contribution in [0.1, 0.15) is 40.4 Å². The fourth-order valence-electron chi connectivity index (χ4n) is 5.67. The van der Waals surface area contributed by atoms with Gasteiger partial charge in [-0.05, 0) is 88.5 Å². The number of aliphatic hydroxyl groups excluding tert-OH is 1. The van der Waals surface area contributed by atoms with Crippen LogP contribution in [0.4, 0.5) is 0 Å². The van der Waals surface area contributed by atoms with Crippen LogP contribution in [-0.4, -0.2) is 47.8 Å². The third-order valence-electron chi connectivity index (χ3n) is 7.31. The van der Waals surface area contributed by atoms with Crippen molar-refractivity contribution < 1.29 is 24.1 Å². The summed E-state index contributed by atoms with van der Waals surface area (Å²) in [4.78, 5) is 19.0. The first-order valence-electron chi connectivity index (χ1n) is 11.8. The molecule has 178 valence electrons. The Morgan fingerprint density at radius 1 is 0.971 bits per heavy atom. The second-order valence-corrected chi connectivity index (χ2v) is 9.10. The van der Waals surface area contributed by atoms with E-state index in [2.05, 4.69) is 9.88 Å². The molecule has 3 aromatic carbocycles. The van der Waals surface area contributed by atoms with E-state index >= 15 is 0 Å². The number of aromatic nitrogens is 1. The fourth-order valence-corrected chi connectivity index (χ4v) is 5.67. The van der Waals surface area contributed by atoms with Gasteiger partial charge in [0.25, 0.3) is 0 Å². The van der Waals surface area contributed by atoms with E-state index in [0.29, 0.717) is 22.8 Å². The van der Waals surface area contributed by atoms with Gasteiger partial charge in [0.15, 0.2) is 11.5 Å². The second kappa shape index (κ2) is 8.52. The highest BCUT2D eigenvalue weighted by Gasteiger charge is 2.39. The van der Waals surface area contributed by atoms with Gasteiger partial charge in [-0.15, -0.1) is 0 Å². The van der Waals surface area contributed by atoms with Gasteiger partial charge >= 0.3 is 5.97 Å². The molecule has 0 spiro atoms. The highest BCUT2D eigenvalue weighted by Crippen LogP contribution is 2.47. The summed E-state index contributed by atoms with van der Waals surface area (Å²) in [6.07, 6.45) is 4.59. The summed E-state index contributed by atoms with van der Waals surface area (Å²) in [7, 11) is 3.24. The first-order chi connectivity index (χ1) is 17.1. The van der Waals surface area contributed by atoms with Gasteiger partial charge in [0.1, 0.15) is 5.75 Å². The standard InChI is InChI=1S/C28H26N2O5/c1-33-24-13-20-19-12-17(35-28(32)16-7-9-29-10-8-16)5-6-18(19)26-22(21(20)14-25(24)34-2)15-30-11-3-4-23(30)27(26)31/h5-10,12-14,23,27,31H,3-4,11,15H2,1-2H3/t23-,27+/m0/s1. The molecule has 1 fully saturated rings. The number of methoxy groups -OCH3 is 2. The van der Waals surface area contributed by atoms with Crippen LogP contribution in [0.5, 0.6) is 17.2 Å². The highest BCUT2D eigenvalue weighted by atomic mass is 16.5. The Morgan fingerprint density at radius 3 is 2.43 bits per heavy atom. The topological polar surface area (TPSA) is 81.1 Å². The zero-order valence-electron chi connectivity index (χ0n) is 19.7. The molecular weight excluding hydrogens is 444 g/mol. The monoisotopic (exact) mass is 470 g/mol. The van der Waals surface area contributed by atoms with Gasteiger partial charge in [-0.1, -0.05) is 6.07 Å². The van der Waals surface area contributed by atoms with Gasteiger partial charge in [0.05, 0.1) is 25.9 Å². The Bertz CT molecular complexity index is 1450. The lowest BCUT2D eigenvalue weighted by Crippen LogP contribution is -2.39. The van der Waals surface area contributed by atoms with Crippen LogP contribution in [0.15, 0.2) is 54.9 Å². The van der Waals surface area contributed by atoms with Crippen molar-refractivity contribution in [1.82, 2.24) is 9.88 Å². The molecule has 7 nitrogen and oxygen atoms in total. The number of hydrogen-bond acceptors (Lipinski definition) is 7. The summed E-state index contributed by atoms with van der Waals surface area (Å²) < 4.78 is 16.9. The van der Waals surface area contributed by atoms with Gasteiger partial charge in [0, 0.05) is 25.0 Å². The van der Waals surface area contributed by atoms with Gasteiger partial charge in [-0.3, -0.25) is 9.88 Å². The van der Waals surface area contributed by atoms with Crippen molar-refractivity contribution in [2.24, 2.45) is 0 Å². The molecule has 7 heteroatoms. The maximum absolute atomic E-state index is 12.7. The molecule has 1 N–H and O–H groups in total. The fraction of sp³-hybridized carbons (Fsp3) is 0.286. The number of fused-ring (bicyclic) bond motifs is 7. The van der Waals surface area contributed by atoms with Crippen molar-refractivity contribution in [2.45, 2.75) is 31.5 Å². The predicted molar refractivity (Wildman–Crippen MR) is 132 cm³/mol. The number of ether oxygens (including phenoxy) is 3. The first-order valence-corrected chi connectivity index (χ1v) is 11.8. The van der Waals surface area contributed by atoms with E-state index in [0.717, 1.165) is 58.6 Å². The number of pyridine rings is 1. The number of esters is 1. The summed E-state index contributed by atoms with van der Waals surface area (Å²) in [5.74, 6) is 1.24. The molecule has 35 heavy (non-hydrogen) atoms. The minimum atomic E-state index is -0.591. The van der Waals surface area contributed by atoms with Gasteiger partial charge in [0.2, 0.25) is 0 Å². The van der Waals surface area contributed by atoms with E-state index in [-0.39, 0.29) is 6.04 Å². The Morgan fingerprint density at radius 2 is 1.69 bits per heavy atom. The quantitative estimate of drug-likeness (QED) is 0.264. The zero-order valence-corrected chi connectivity index (χ0v) is 19.7. The van der Waals surface area contributed by atoms with Gasteiger partial charge in [-0.25, -0.2) is 4.79 Å². The van der Waals surface area contributed by atoms with Crippen molar-refractivity contribution in [2.75, 3.05) is 20.8 Å². The number of nitrogens with zero attached hydrogens (tertiary/aromatic N) is 2. The van der Waals surface area contributed by atoms with E-state index in [9.17, 15) is 9.90 Å². The number of carbonyl (C=O) groups excluding carboxylic acids is 1. The summed E-state index contributed by atoms with van der Waals surface area (Å²) in [6, 6.07) is 12.9. The smallest absolute Gasteiger partial charge is 0.343 e. The molecule has 4 aromatic rings. The lowest BCUT2D eigenvalue weighted by atomic mass is 9.83. The highest BCUT2D eigenvalue weighted by molar-refractivity contribution is 6.12. The minimum absolute atomic E-state index is 0.118. The van der Waals surface area contributed by atoms with E-state index in [4.69, 9.17) is 14.2 Å². The molecular formula is C28H26N2O5. The minimum Gasteiger partial charge on any atom is -0.493 e. The van der Waals surface area contributed by atoms with Crippen molar-refractivity contribution in [1.29, 1.82) is 0 Å². The van der Waals surface area contributed by atoms with E-state index in [1.165, 1.54) is 0 Å². The molecule has 0 bridgehead atoms. The Kier molecular flexibility index (Phi) is 5.31. The van der Waals surface area contributed by atoms with E-state index in [1.54, 1.807) is 44.8 Å². The molecule has 1 aromatic heterocycles. The predicted octanol–water partition coefficient (Wildman–Crippen LogP) is 4.64. The van der Waals surface area contributed by atoms with Crippen LogP contribution in [0, 0.1) is 0 Å². The molecule has 6 rings (SSSR count). The maximum atomic E-state index is 12.7. The van der Waals surface area contributed by atoms with Crippen molar-refractivity contribution in [3.8, 4) is 17.2 Å². The zero-order chi connectivity index (χ0) is 24.1. The van der Waals surface area contributed by atoms with Crippen LogP contribution in [0.2, 0.25) is 0 Å². The van der Waals surface area contributed by atoms with Crippen LogP contribution in [-0.2, 0) is 6.54 Å². The number of rotatable bonds is 4. The van der Waals surface area contributed by atoms with Crippen molar-refractivity contribution in [3.05, 3.63) is 71.5 Å². The third-order valence-corrected chi connectivity index (χ3v) is 7.31. The van der Waals surface area contributed by atoms with Crippen LogP contribution in [0.3, 0.4) is 0 Å². The summed E-state index contributed by atoms with van der Waals surface area (Å²) in [5, 5.41) is 15.3. The van der Waals surface area contributed by atoms with E-state index in [1.807, 2.05) is 24.3 Å². The number of hydrogen-bond donors (Lipinski definition) is 1. The Hall–Kier alpha value is -3.68. The molecule has 2 atom stereocenters. The maximum Gasteiger partial charge on any atom is 0.343 e. The molecule has 2 aliphatic heterocycles. The lowest BCUT2D eigenvalue weighted by molar-refractivity contribution is 0.0552. The average Bonchev–Trinajstić information content (AvgIpc) is 3.37. The summed E-state index contributed by atoms with van der Waals surface area (Å²) in [5.41, 5.74) is 2.49. The Balaban J connectivity index is 1.57. The number of aliphatic hydroxyl groups is 1.